The molecule has 1 aliphatic carbocycles. The molecule has 0 radical (unpaired) electrons. The lowest BCUT2D eigenvalue weighted by atomic mass is 10.2. The highest BCUT2D eigenvalue weighted by atomic mass is 35.5. The monoisotopic (exact) mass is 387 g/mol. The van der Waals surface area contributed by atoms with E-state index in [1.807, 2.05) is 0 Å². The number of benzene rings is 1. The number of carbonyl (C=O) groups is 1. The predicted molar refractivity (Wildman–Crippen MR) is 89.1 cm³/mol. The van der Waals surface area contributed by atoms with E-state index in [2.05, 4.69) is 15.0 Å². The molecule has 1 fully saturated rings. The summed E-state index contributed by atoms with van der Waals surface area (Å²) in [4.78, 5) is 15.8. The van der Waals surface area contributed by atoms with Crippen molar-refractivity contribution in [3.8, 4) is 0 Å². The molecule has 25 heavy (non-hydrogen) atoms. The van der Waals surface area contributed by atoms with Crippen LogP contribution in [0.25, 0.3) is 0 Å². The highest BCUT2D eigenvalue weighted by molar-refractivity contribution is 7.93. The van der Waals surface area contributed by atoms with Crippen LogP contribution in [0.5, 0.6) is 0 Å². The van der Waals surface area contributed by atoms with Gasteiger partial charge in [0.05, 0.1) is 22.0 Å². The van der Waals surface area contributed by atoms with Gasteiger partial charge in [-0.05, 0) is 37.1 Å². The molecule has 2 N–H and O–H groups in total. The van der Waals surface area contributed by atoms with E-state index < -0.39 is 38.4 Å². The first-order valence-electron chi connectivity index (χ1n) is 7.20. The van der Waals surface area contributed by atoms with Gasteiger partial charge in [-0.25, -0.2) is 22.2 Å². The second-order valence-electron chi connectivity index (χ2n) is 5.48. The molecule has 1 aromatic heterocycles. The van der Waals surface area contributed by atoms with Crippen LogP contribution < -0.4 is 10.0 Å². The van der Waals surface area contributed by atoms with Crippen LogP contribution >= 0.6 is 11.6 Å². The van der Waals surface area contributed by atoms with E-state index in [1.54, 1.807) is 0 Å². The average molecular weight is 388 g/mol. The molecular formula is C15H12ClF2N3O3S. The molecule has 3 rings (SSSR count). The fourth-order valence-electron chi connectivity index (χ4n) is 2.05. The van der Waals surface area contributed by atoms with Gasteiger partial charge in [0.15, 0.2) is 5.82 Å². The molecular weight excluding hydrogens is 376 g/mol. The largest absolute Gasteiger partial charge is 0.322 e. The predicted octanol–water partition coefficient (Wildman–Crippen LogP) is 3.17. The third kappa shape index (κ3) is 4.05. The van der Waals surface area contributed by atoms with E-state index in [0.29, 0.717) is 12.8 Å². The third-order valence-corrected chi connectivity index (χ3v) is 5.62. The summed E-state index contributed by atoms with van der Waals surface area (Å²) in [5.74, 6) is -2.60. The Morgan fingerprint density at radius 2 is 1.92 bits per heavy atom. The molecule has 0 saturated heterocycles. The molecule has 1 saturated carbocycles. The van der Waals surface area contributed by atoms with E-state index in [4.69, 9.17) is 11.6 Å². The Bertz CT molecular complexity index is 949. The Morgan fingerprint density at radius 1 is 1.20 bits per heavy atom. The molecule has 0 atom stereocenters. The Kier molecular flexibility index (Phi) is 4.61. The van der Waals surface area contributed by atoms with E-state index in [1.165, 1.54) is 12.1 Å². The van der Waals surface area contributed by atoms with Crippen molar-refractivity contribution in [2.24, 2.45) is 0 Å². The lowest BCUT2D eigenvalue weighted by molar-refractivity contribution is 0.102. The van der Waals surface area contributed by atoms with Crippen molar-refractivity contribution in [2.45, 2.75) is 18.1 Å². The van der Waals surface area contributed by atoms with Crippen LogP contribution in [0.3, 0.4) is 0 Å². The number of halogens is 3. The van der Waals surface area contributed by atoms with Crippen LogP contribution in [0.1, 0.15) is 23.2 Å². The van der Waals surface area contributed by atoms with Gasteiger partial charge in [0.25, 0.3) is 5.91 Å². The van der Waals surface area contributed by atoms with E-state index >= 15 is 0 Å². The number of anilines is 2. The Balaban J connectivity index is 1.81. The quantitative estimate of drug-likeness (QED) is 0.824. The first kappa shape index (κ1) is 17.6. The zero-order chi connectivity index (χ0) is 18.2. The van der Waals surface area contributed by atoms with Crippen molar-refractivity contribution >= 4 is 39.0 Å². The van der Waals surface area contributed by atoms with E-state index in [0.717, 1.165) is 18.3 Å². The number of sulfonamides is 1. The minimum Gasteiger partial charge on any atom is -0.322 e. The SMILES string of the molecule is O=C(Nc1ccc(F)c(Cl)c1)c1cc(NS(=O)(=O)C2CC2)ncc1F. The molecule has 132 valence electrons. The molecule has 10 heteroatoms. The topological polar surface area (TPSA) is 88.2 Å². The second kappa shape index (κ2) is 6.57. The first-order valence-corrected chi connectivity index (χ1v) is 9.12. The summed E-state index contributed by atoms with van der Waals surface area (Å²) >= 11 is 5.62. The number of nitrogens with zero attached hydrogens (tertiary/aromatic N) is 1. The molecule has 2 aromatic rings. The van der Waals surface area contributed by atoms with Crippen molar-refractivity contribution in [2.75, 3.05) is 10.0 Å². The fraction of sp³-hybridized carbons (Fsp3) is 0.200. The fourth-order valence-corrected chi connectivity index (χ4v) is 3.56. The van der Waals surface area contributed by atoms with Gasteiger partial charge in [0.2, 0.25) is 10.0 Å². The summed E-state index contributed by atoms with van der Waals surface area (Å²) in [6.07, 6.45) is 1.85. The van der Waals surface area contributed by atoms with Gasteiger partial charge in [-0.15, -0.1) is 0 Å². The standard InChI is InChI=1S/C15H12ClF2N3O3S/c16-11-5-8(1-4-12(11)17)20-15(22)10-6-14(19-7-13(10)18)21-25(23,24)9-2-3-9/h1,4-7,9H,2-3H2,(H,19,21)(H,20,22). The summed E-state index contributed by atoms with van der Waals surface area (Å²) in [5.41, 5.74) is -0.253. The van der Waals surface area contributed by atoms with Crippen LogP contribution in [0, 0.1) is 11.6 Å². The van der Waals surface area contributed by atoms with Crippen LogP contribution in [-0.2, 0) is 10.0 Å². The minimum absolute atomic E-state index is 0.157. The number of hydrogen-bond acceptors (Lipinski definition) is 4. The molecule has 0 spiro atoms. The molecule has 1 amide bonds. The number of hydrogen-bond donors (Lipinski definition) is 2. The Hall–Kier alpha value is -2.26. The normalized spacial score (nSPS) is 14.2. The van der Waals surface area contributed by atoms with Gasteiger partial charge in [-0.2, -0.15) is 0 Å². The van der Waals surface area contributed by atoms with Crippen LogP contribution in [-0.4, -0.2) is 24.6 Å². The summed E-state index contributed by atoms with van der Waals surface area (Å²) < 4.78 is 53.0. The summed E-state index contributed by atoms with van der Waals surface area (Å²) in [6, 6.07) is 4.48. The van der Waals surface area contributed by atoms with Crippen molar-refractivity contribution in [3.05, 3.63) is 52.7 Å². The third-order valence-electron chi connectivity index (χ3n) is 3.49. The maximum absolute atomic E-state index is 13.9. The summed E-state index contributed by atoms with van der Waals surface area (Å²) in [7, 11) is -3.59. The second-order valence-corrected chi connectivity index (χ2v) is 7.85. The number of aromatic nitrogens is 1. The molecule has 1 aromatic carbocycles. The number of carbonyl (C=O) groups excluding carboxylic acids is 1. The van der Waals surface area contributed by atoms with Gasteiger partial charge in [0.1, 0.15) is 11.6 Å². The van der Waals surface area contributed by atoms with E-state index in [9.17, 15) is 22.0 Å². The molecule has 1 heterocycles. The number of rotatable bonds is 5. The van der Waals surface area contributed by atoms with Crippen LogP contribution in [0.2, 0.25) is 5.02 Å². The van der Waals surface area contributed by atoms with Gasteiger partial charge in [0, 0.05) is 5.69 Å². The maximum atomic E-state index is 13.9. The first-order chi connectivity index (χ1) is 11.8. The summed E-state index contributed by atoms with van der Waals surface area (Å²) in [6.45, 7) is 0. The van der Waals surface area contributed by atoms with Gasteiger partial charge >= 0.3 is 0 Å². The van der Waals surface area contributed by atoms with Gasteiger partial charge < -0.3 is 5.32 Å². The number of amides is 1. The Morgan fingerprint density at radius 3 is 2.56 bits per heavy atom. The van der Waals surface area contributed by atoms with Crippen molar-refractivity contribution < 1.29 is 22.0 Å². The molecule has 0 unspecified atom stereocenters. The number of nitrogens with one attached hydrogen (secondary N) is 2. The van der Waals surface area contributed by atoms with Crippen molar-refractivity contribution in [3.63, 3.8) is 0 Å². The smallest absolute Gasteiger partial charge is 0.258 e. The molecule has 0 aliphatic heterocycles. The zero-order valence-corrected chi connectivity index (χ0v) is 14.2. The maximum Gasteiger partial charge on any atom is 0.258 e. The lowest BCUT2D eigenvalue weighted by Crippen LogP contribution is -2.20. The van der Waals surface area contributed by atoms with Crippen molar-refractivity contribution in [1.29, 1.82) is 0 Å². The molecule has 1 aliphatic rings. The van der Waals surface area contributed by atoms with Crippen molar-refractivity contribution in [1.82, 2.24) is 4.98 Å². The summed E-state index contributed by atoms with van der Waals surface area (Å²) in [5, 5.41) is 1.67. The van der Waals surface area contributed by atoms with E-state index in [-0.39, 0.29) is 16.5 Å². The van der Waals surface area contributed by atoms with Crippen LogP contribution in [0.4, 0.5) is 20.3 Å². The van der Waals surface area contributed by atoms with Gasteiger partial charge in [-0.3, -0.25) is 9.52 Å². The zero-order valence-electron chi connectivity index (χ0n) is 12.6. The van der Waals surface area contributed by atoms with Gasteiger partial charge in [-0.1, -0.05) is 11.6 Å². The Labute approximate surface area is 147 Å². The highest BCUT2D eigenvalue weighted by Crippen LogP contribution is 2.29. The number of pyridine rings is 1. The molecule has 6 nitrogen and oxygen atoms in total. The average Bonchev–Trinajstić information content (AvgIpc) is 3.38. The highest BCUT2D eigenvalue weighted by Gasteiger charge is 2.36. The molecule has 0 bridgehead atoms. The van der Waals surface area contributed by atoms with Crippen LogP contribution in [0.15, 0.2) is 30.5 Å². The minimum atomic E-state index is -3.59. The lowest BCUT2D eigenvalue weighted by Gasteiger charge is -2.10.